The Bertz CT molecular complexity index is 1350. The molecule has 32 heavy (non-hydrogen) atoms. The Morgan fingerprint density at radius 3 is 2.47 bits per heavy atom. The van der Waals surface area contributed by atoms with Crippen molar-refractivity contribution in [1.29, 1.82) is 0 Å². The Hall–Kier alpha value is -3.83. The van der Waals surface area contributed by atoms with E-state index in [0.717, 1.165) is 11.1 Å². The van der Waals surface area contributed by atoms with Crippen LogP contribution in [0.5, 0.6) is 0 Å². The number of para-hydroxylation sites is 1. The normalized spacial score (nSPS) is 15.1. The summed E-state index contributed by atoms with van der Waals surface area (Å²) in [4.78, 5) is 19.3. The number of aromatic carboxylic acids is 1. The first-order chi connectivity index (χ1) is 15.6. The third-order valence-electron chi connectivity index (χ3n) is 5.77. The van der Waals surface area contributed by atoms with Crippen LogP contribution in [0, 0.1) is 5.82 Å². The summed E-state index contributed by atoms with van der Waals surface area (Å²) in [5.41, 5.74) is 4.59. The molecule has 0 spiro atoms. The Morgan fingerprint density at radius 1 is 0.969 bits per heavy atom. The Balaban J connectivity index is 1.70. The Kier molecular flexibility index (Phi) is 5.25. The number of carbonyl (C=O) groups is 1. The summed E-state index contributed by atoms with van der Waals surface area (Å²) in [6, 6.07) is 23.9. The molecular formula is C27H21FN2O2. The highest BCUT2D eigenvalue weighted by molar-refractivity contribution is 6.06. The number of carboxylic acid groups (broad SMARTS) is 1. The van der Waals surface area contributed by atoms with Gasteiger partial charge in [-0.05, 0) is 29.3 Å². The number of aromatic nitrogens is 1. The number of carboxylic acids is 1. The molecule has 5 heteroatoms. The molecule has 0 bridgehead atoms. The van der Waals surface area contributed by atoms with Crippen molar-refractivity contribution in [3.05, 3.63) is 113 Å². The average molecular weight is 424 g/mol. The molecule has 0 unspecified atom stereocenters. The molecular weight excluding hydrogens is 403 g/mol. The minimum Gasteiger partial charge on any atom is -0.478 e. The molecule has 1 aliphatic rings. The summed E-state index contributed by atoms with van der Waals surface area (Å²) in [7, 11) is 0. The van der Waals surface area contributed by atoms with Gasteiger partial charge in [0.25, 0.3) is 0 Å². The lowest BCUT2D eigenvalue weighted by Crippen LogP contribution is -2.31. The number of fused-ring (bicyclic) bond motifs is 2. The summed E-state index contributed by atoms with van der Waals surface area (Å²) >= 11 is 0. The van der Waals surface area contributed by atoms with E-state index in [4.69, 9.17) is 4.98 Å². The molecule has 1 N–H and O–H groups in total. The summed E-state index contributed by atoms with van der Waals surface area (Å²) in [5, 5.41) is 10.7. The number of rotatable bonds is 4. The van der Waals surface area contributed by atoms with Crippen molar-refractivity contribution in [2.24, 2.45) is 0 Å². The van der Waals surface area contributed by atoms with E-state index in [2.05, 4.69) is 4.90 Å². The zero-order chi connectivity index (χ0) is 22.1. The van der Waals surface area contributed by atoms with Gasteiger partial charge in [0.05, 0.1) is 16.8 Å². The predicted octanol–water partition coefficient (Wildman–Crippen LogP) is 5.63. The molecule has 3 aromatic carbocycles. The molecule has 158 valence electrons. The number of pyridine rings is 1. The summed E-state index contributed by atoms with van der Waals surface area (Å²) in [6.45, 7) is 1.65. The number of hydrogen-bond acceptors (Lipinski definition) is 3. The molecule has 5 rings (SSSR count). The van der Waals surface area contributed by atoms with Crippen molar-refractivity contribution >= 4 is 28.5 Å². The van der Waals surface area contributed by atoms with E-state index < -0.39 is 5.97 Å². The maximum atomic E-state index is 14.5. The second-order valence-electron chi connectivity index (χ2n) is 7.96. The zero-order valence-corrected chi connectivity index (χ0v) is 17.3. The largest absolute Gasteiger partial charge is 0.478 e. The van der Waals surface area contributed by atoms with Crippen molar-refractivity contribution in [3.8, 4) is 0 Å². The summed E-state index contributed by atoms with van der Waals surface area (Å²) < 4.78 is 14.5. The lowest BCUT2D eigenvalue weighted by Gasteiger charge is -2.31. The van der Waals surface area contributed by atoms with Crippen LogP contribution in [0.3, 0.4) is 0 Å². The highest BCUT2D eigenvalue weighted by Crippen LogP contribution is 2.34. The number of hydrogen-bond donors (Lipinski definition) is 1. The lowest BCUT2D eigenvalue weighted by molar-refractivity contribution is 0.0696. The van der Waals surface area contributed by atoms with Crippen LogP contribution in [0.4, 0.5) is 4.39 Å². The molecule has 0 saturated heterocycles. The van der Waals surface area contributed by atoms with Gasteiger partial charge >= 0.3 is 5.97 Å². The maximum Gasteiger partial charge on any atom is 0.336 e. The highest BCUT2D eigenvalue weighted by atomic mass is 19.1. The van der Waals surface area contributed by atoms with Gasteiger partial charge in [0.1, 0.15) is 5.82 Å². The molecule has 0 atom stereocenters. The Labute approximate surface area is 185 Å². The van der Waals surface area contributed by atoms with Crippen molar-refractivity contribution < 1.29 is 14.3 Å². The summed E-state index contributed by atoms with van der Waals surface area (Å²) in [6.07, 6.45) is 1.79. The molecule has 2 heterocycles. The average Bonchev–Trinajstić information content (AvgIpc) is 2.80. The van der Waals surface area contributed by atoms with Crippen LogP contribution < -0.4 is 0 Å². The van der Waals surface area contributed by atoms with Gasteiger partial charge < -0.3 is 5.11 Å². The monoisotopic (exact) mass is 424 g/mol. The van der Waals surface area contributed by atoms with E-state index in [-0.39, 0.29) is 11.4 Å². The smallest absolute Gasteiger partial charge is 0.336 e. The van der Waals surface area contributed by atoms with Crippen LogP contribution in [0.25, 0.3) is 22.6 Å². The fraction of sp³-hybridized carbons (Fsp3) is 0.111. The fourth-order valence-corrected chi connectivity index (χ4v) is 4.36. The standard InChI is InChI=1S/C27H21FN2O2/c28-23-12-6-4-10-19(23)14-20-16-30(15-18-8-2-1-3-9-18)17-22-25(27(31)32)21-11-5-7-13-24(21)29-26(20)22/h1-14H,15-17H2,(H,31,32)/b20-14+. The first kappa shape index (κ1) is 20.1. The van der Waals surface area contributed by atoms with Crippen LogP contribution in [-0.4, -0.2) is 27.5 Å². The van der Waals surface area contributed by atoms with E-state index in [1.807, 2.05) is 48.5 Å². The molecule has 1 aliphatic heterocycles. The van der Waals surface area contributed by atoms with Gasteiger partial charge in [0.2, 0.25) is 0 Å². The molecule has 4 aromatic rings. The molecule has 0 saturated carbocycles. The van der Waals surface area contributed by atoms with Crippen LogP contribution >= 0.6 is 0 Å². The third kappa shape index (κ3) is 3.79. The van der Waals surface area contributed by atoms with E-state index >= 15 is 0 Å². The lowest BCUT2D eigenvalue weighted by atomic mass is 9.91. The molecule has 0 aliphatic carbocycles. The Morgan fingerprint density at radius 2 is 1.69 bits per heavy atom. The van der Waals surface area contributed by atoms with Crippen LogP contribution in [0.1, 0.15) is 32.7 Å². The molecule has 0 radical (unpaired) electrons. The third-order valence-corrected chi connectivity index (χ3v) is 5.77. The van der Waals surface area contributed by atoms with Crippen molar-refractivity contribution in [2.45, 2.75) is 13.1 Å². The quantitative estimate of drug-likeness (QED) is 0.461. The minimum absolute atomic E-state index is 0.266. The van der Waals surface area contributed by atoms with Crippen LogP contribution in [0.2, 0.25) is 0 Å². The molecule has 1 aromatic heterocycles. The second-order valence-corrected chi connectivity index (χ2v) is 7.96. The van der Waals surface area contributed by atoms with E-state index in [9.17, 15) is 14.3 Å². The van der Waals surface area contributed by atoms with Gasteiger partial charge in [-0.2, -0.15) is 0 Å². The SMILES string of the molecule is O=C(O)c1c2c(nc3ccccc13)/C(=C/c1ccccc1F)CN(Cc1ccccc1)C2. The van der Waals surface area contributed by atoms with E-state index in [0.29, 0.717) is 47.4 Å². The predicted molar refractivity (Wildman–Crippen MR) is 124 cm³/mol. The second kappa shape index (κ2) is 8.36. The maximum absolute atomic E-state index is 14.5. The molecule has 0 fully saturated rings. The molecule has 4 nitrogen and oxygen atoms in total. The topological polar surface area (TPSA) is 53.4 Å². The van der Waals surface area contributed by atoms with Crippen molar-refractivity contribution in [3.63, 3.8) is 0 Å². The van der Waals surface area contributed by atoms with E-state index in [1.165, 1.54) is 6.07 Å². The van der Waals surface area contributed by atoms with Crippen LogP contribution in [-0.2, 0) is 13.1 Å². The highest BCUT2D eigenvalue weighted by Gasteiger charge is 2.28. The van der Waals surface area contributed by atoms with E-state index in [1.54, 1.807) is 30.3 Å². The minimum atomic E-state index is -0.980. The number of benzene rings is 3. The van der Waals surface area contributed by atoms with Gasteiger partial charge in [-0.15, -0.1) is 0 Å². The first-order valence-corrected chi connectivity index (χ1v) is 10.5. The van der Waals surface area contributed by atoms with Crippen molar-refractivity contribution in [2.75, 3.05) is 6.54 Å². The van der Waals surface area contributed by atoms with Crippen molar-refractivity contribution in [1.82, 2.24) is 9.88 Å². The van der Waals surface area contributed by atoms with Gasteiger partial charge in [-0.25, -0.2) is 14.2 Å². The van der Waals surface area contributed by atoms with Gasteiger partial charge in [-0.1, -0.05) is 66.7 Å². The van der Waals surface area contributed by atoms with Gasteiger partial charge in [0, 0.05) is 36.1 Å². The molecule has 0 amide bonds. The van der Waals surface area contributed by atoms with Gasteiger partial charge in [0.15, 0.2) is 0 Å². The fourth-order valence-electron chi connectivity index (χ4n) is 4.36. The zero-order valence-electron chi connectivity index (χ0n) is 17.3. The first-order valence-electron chi connectivity index (χ1n) is 10.5. The van der Waals surface area contributed by atoms with Crippen LogP contribution in [0.15, 0.2) is 78.9 Å². The van der Waals surface area contributed by atoms with Gasteiger partial charge in [-0.3, -0.25) is 4.90 Å². The number of halogens is 1. The summed E-state index contributed by atoms with van der Waals surface area (Å²) in [5.74, 6) is -1.30. The number of nitrogens with zero attached hydrogens (tertiary/aromatic N) is 2.